The van der Waals surface area contributed by atoms with Gasteiger partial charge in [-0.25, -0.2) is 9.59 Å². The van der Waals surface area contributed by atoms with Crippen molar-refractivity contribution in [2.75, 3.05) is 20.3 Å². The number of pyridine rings is 1. The maximum atomic E-state index is 11.9. The third-order valence-corrected chi connectivity index (χ3v) is 2.93. The van der Waals surface area contributed by atoms with Crippen LogP contribution in [0.15, 0.2) is 48.7 Å². The van der Waals surface area contributed by atoms with Crippen molar-refractivity contribution in [1.82, 2.24) is 10.3 Å². The molecule has 1 heterocycles. The van der Waals surface area contributed by atoms with Gasteiger partial charge in [0.2, 0.25) is 0 Å². The fourth-order valence-electron chi connectivity index (χ4n) is 1.79. The van der Waals surface area contributed by atoms with Gasteiger partial charge in [0.1, 0.15) is 12.4 Å². The van der Waals surface area contributed by atoms with Crippen molar-refractivity contribution >= 4 is 12.1 Å². The minimum atomic E-state index is -0.592. The SMILES string of the molecule is COCCNC(=O)Oc1ccnc(COC(=O)c2ccccc2)c1. The van der Waals surface area contributed by atoms with E-state index in [4.69, 9.17) is 14.2 Å². The van der Waals surface area contributed by atoms with Gasteiger partial charge >= 0.3 is 12.1 Å². The van der Waals surface area contributed by atoms with Crippen LogP contribution in [-0.2, 0) is 16.1 Å². The number of hydrogen-bond acceptors (Lipinski definition) is 6. The molecule has 0 atom stereocenters. The average Bonchev–Trinajstić information content (AvgIpc) is 2.61. The lowest BCUT2D eigenvalue weighted by Gasteiger charge is -2.08. The number of carbonyl (C=O) groups is 2. The van der Waals surface area contributed by atoms with E-state index in [9.17, 15) is 9.59 Å². The van der Waals surface area contributed by atoms with Gasteiger partial charge in [0.05, 0.1) is 17.9 Å². The van der Waals surface area contributed by atoms with Gasteiger partial charge in [0, 0.05) is 25.9 Å². The molecule has 0 aliphatic carbocycles. The van der Waals surface area contributed by atoms with E-state index in [0.29, 0.717) is 30.2 Å². The summed E-state index contributed by atoms with van der Waals surface area (Å²) in [6.45, 7) is 0.727. The largest absolute Gasteiger partial charge is 0.456 e. The molecule has 1 N–H and O–H groups in total. The molecule has 1 aromatic heterocycles. The number of rotatable bonds is 7. The molecular weight excluding hydrogens is 312 g/mol. The molecule has 0 saturated heterocycles. The zero-order valence-electron chi connectivity index (χ0n) is 13.2. The third kappa shape index (κ3) is 5.69. The maximum Gasteiger partial charge on any atom is 0.412 e. The number of carbonyl (C=O) groups excluding carboxylic acids is 2. The summed E-state index contributed by atoms with van der Waals surface area (Å²) < 4.78 is 15.1. The number of ether oxygens (including phenoxy) is 3. The molecule has 0 unspecified atom stereocenters. The molecule has 0 radical (unpaired) electrons. The Balaban J connectivity index is 1.86. The monoisotopic (exact) mass is 330 g/mol. The van der Waals surface area contributed by atoms with Gasteiger partial charge in [-0.3, -0.25) is 4.98 Å². The first-order valence-electron chi connectivity index (χ1n) is 7.31. The van der Waals surface area contributed by atoms with Gasteiger partial charge in [-0.15, -0.1) is 0 Å². The van der Waals surface area contributed by atoms with Crippen LogP contribution in [0.25, 0.3) is 0 Å². The smallest absolute Gasteiger partial charge is 0.412 e. The summed E-state index contributed by atoms with van der Waals surface area (Å²) in [6, 6.07) is 11.7. The van der Waals surface area contributed by atoms with Gasteiger partial charge in [-0.05, 0) is 18.2 Å². The highest BCUT2D eigenvalue weighted by Gasteiger charge is 2.09. The summed E-state index contributed by atoms with van der Waals surface area (Å²) in [5.41, 5.74) is 0.934. The number of nitrogens with zero attached hydrogens (tertiary/aromatic N) is 1. The predicted octanol–water partition coefficient (Wildman–Crippen LogP) is 2.17. The average molecular weight is 330 g/mol. The van der Waals surface area contributed by atoms with E-state index in [0.717, 1.165) is 0 Å². The number of nitrogens with one attached hydrogen (secondary N) is 1. The predicted molar refractivity (Wildman–Crippen MR) is 85.7 cm³/mol. The first-order valence-corrected chi connectivity index (χ1v) is 7.31. The fourth-order valence-corrected chi connectivity index (χ4v) is 1.79. The highest BCUT2D eigenvalue weighted by Crippen LogP contribution is 2.12. The Morgan fingerprint density at radius 2 is 1.96 bits per heavy atom. The van der Waals surface area contributed by atoms with Crippen molar-refractivity contribution in [2.24, 2.45) is 0 Å². The topological polar surface area (TPSA) is 86.8 Å². The van der Waals surface area contributed by atoms with Crippen LogP contribution < -0.4 is 10.1 Å². The Hall–Kier alpha value is -2.93. The lowest BCUT2D eigenvalue weighted by Crippen LogP contribution is -2.29. The van der Waals surface area contributed by atoms with Crippen molar-refractivity contribution < 1.29 is 23.8 Å². The van der Waals surface area contributed by atoms with Crippen LogP contribution in [-0.4, -0.2) is 37.3 Å². The van der Waals surface area contributed by atoms with Crippen molar-refractivity contribution in [3.05, 3.63) is 59.9 Å². The van der Waals surface area contributed by atoms with E-state index in [1.807, 2.05) is 6.07 Å². The van der Waals surface area contributed by atoms with E-state index in [2.05, 4.69) is 10.3 Å². The minimum Gasteiger partial charge on any atom is -0.456 e. The Morgan fingerprint density at radius 1 is 1.17 bits per heavy atom. The molecule has 0 bridgehead atoms. The second-order valence-corrected chi connectivity index (χ2v) is 4.73. The third-order valence-electron chi connectivity index (χ3n) is 2.93. The van der Waals surface area contributed by atoms with Crippen LogP contribution in [0.2, 0.25) is 0 Å². The molecular formula is C17H18N2O5. The highest BCUT2D eigenvalue weighted by molar-refractivity contribution is 5.89. The van der Waals surface area contributed by atoms with Gasteiger partial charge in [0.25, 0.3) is 0 Å². The van der Waals surface area contributed by atoms with Crippen LogP contribution in [0, 0.1) is 0 Å². The lowest BCUT2D eigenvalue weighted by atomic mass is 10.2. The van der Waals surface area contributed by atoms with E-state index in [1.165, 1.54) is 12.3 Å². The number of amides is 1. The number of hydrogen-bond donors (Lipinski definition) is 1. The number of benzene rings is 1. The quantitative estimate of drug-likeness (QED) is 0.618. The molecule has 0 fully saturated rings. The molecule has 1 aromatic carbocycles. The molecule has 0 aliphatic rings. The first-order chi connectivity index (χ1) is 11.7. The van der Waals surface area contributed by atoms with Crippen LogP contribution in [0.1, 0.15) is 16.1 Å². The normalized spacial score (nSPS) is 10.0. The van der Waals surface area contributed by atoms with Crippen LogP contribution in [0.5, 0.6) is 5.75 Å². The van der Waals surface area contributed by atoms with E-state index in [-0.39, 0.29) is 6.61 Å². The van der Waals surface area contributed by atoms with Crippen molar-refractivity contribution in [3.8, 4) is 5.75 Å². The molecule has 2 aromatic rings. The van der Waals surface area contributed by atoms with Crippen LogP contribution in [0.4, 0.5) is 4.79 Å². The molecule has 0 aliphatic heterocycles. The molecule has 1 amide bonds. The molecule has 24 heavy (non-hydrogen) atoms. The van der Waals surface area contributed by atoms with Gasteiger partial charge in [0.15, 0.2) is 0 Å². The molecule has 0 saturated carbocycles. The van der Waals surface area contributed by atoms with Gasteiger partial charge in [-0.1, -0.05) is 18.2 Å². The second kappa shape index (κ2) is 9.26. The number of aromatic nitrogens is 1. The summed E-state index contributed by atoms with van der Waals surface area (Å²) in [4.78, 5) is 27.5. The summed E-state index contributed by atoms with van der Waals surface area (Å²) in [6.07, 6.45) is 0.884. The number of esters is 1. The van der Waals surface area contributed by atoms with Crippen LogP contribution in [0.3, 0.4) is 0 Å². The zero-order valence-corrected chi connectivity index (χ0v) is 13.2. The Kier molecular flexibility index (Phi) is 6.73. The number of methoxy groups -OCH3 is 1. The first kappa shape index (κ1) is 17.4. The maximum absolute atomic E-state index is 11.9. The molecule has 7 heteroatoms. The highest BCUT2D eigenvalue weighted by atomic mass is 16.6. The Morgan fingerprint density at radius 3 is 2.71 bits per heavy atom. The summed E-state index contributed by atoms with van der Waals surface area (Å²) >= 11 is 0. The fraction of sp³-hybridized carbons (Fsp3) is 0.235. The summed E-state index contributed by atoms with van der Waals surface area (Å²) in [5.74, 6) is -0.133. The standard InChI is InChI=1S/C17H18N2O5/c1-22-10-9-19-17(21)24-15-7-8-18-14(11-15)12-23-16(20)13-5-3-2-4-6-13/h2-8,11H,9-10,12H2,1H3,(H,19,21). The summed E-state index contributed by atoms with van der Waals surface area (Å²) in [7, 11) is 1.54. The van der Waals surface area contributed by atoms with E-state index < -0.39 is 12.1 Å². The molecule has 7 nitrogen and oxygen atoms in total. The van der Waals surface area contributed by atoms with Crippen molar-refractivity contribution in [2.45, 2.75) is 6.61 Å². The van der Waals surface area contributed by atoms with Crippen LogP contribution >= 0.6 is 0 Å². The Bertz CT molecular complexity index is 676. The van der Waals surface area contributed by atoms with Gasteiger partial charge < -0.3 is 19.5 Å². The van der Waals surface area contributed by atoms with E-state index >= 15 is 0 Å². The Labute approximate surface area is 139 Å². The lowest BCUT2D eigenvalue weighted by molar-refractivity contribution is 0.0467. The molecule has 0 spiro atoms. The van der Waals surface area contributed by atoms with Gasteiger partial charge in [-0.2, -0.15) is 0 Å². The molecule has 2 rings (SSSR count). The minimum absolute atomic E-state index is 0.0176. The van der Waals surface area contributed by atoms with Crippen molar-refractivity contribution in [1.29, 1.82) is 0 Å². The summed E-state index contributed by atoms with van der Waals surface area (Å²) in [5, 5.41) is 2.53. The zero-order chi connectivity index (χ0) is 17.2. The van der Waals surface area contributed by atoms with E-state index in [1.54, 1.807) is 37.4 Å². The van der Waals surface area contributed by atoms with Crippen molar-refractivity contribution in [3.63, 3.8) is 0 Å². The molecule has 126 valence electrons. The second-order valence-electron chi connectivity index (χ2n) is 4.73.